The number of carbonyl (C=O) groups is 2. The van der Waals surface area contributed by atoms with Gasteiger partial charge in [0.1, 0.15) is 34.7 Å². The van der Waals surface area contributed by atoms with Crippen molar-refractivity contribution < 1.29 is 33.4 Å². The van der Waals surface area contributed by atoms with E-state index in [0.29, 0.717) is 34.0 Å². The molecule has 180 valence electrons. The molecule has 0 bridgehead atoms. The van der Waals surface area contributed by atoms with E-state index < -0.39 is 29.8 Å². The lowest BCUT2D eigenvalue weighted by Crippen LogP contribution is -2.43. The third kappa shape index (κ3) is 4.75. The van der Waals surface area contributed by atoms with E-state index in [9.17, 15) is 14.7 Å². The van der Waals surface area contributed by atoms with E-state index in [1.54, 1.807) is 40.9 Å². The second kappa shape index (κ2) is 8.85. The van der Waals surface area contributed by atoms with Gasteiger partial charge in [-0.15, -0.1) is 0 Å². The SMILES string of the molecule is COc1cccc(-c2cc(O[C@@H]3C[C@@H](C(=O)O)N(C(=O)OC(C)(C)C)C3)c3onc(C)c3n2)c1. The van der Waals surface area contributed by atoms with E-state index in [1.807, 2.05) is 24.3 Å². The molecule has 1 amide bonds. The molecule has 0 spiro atoms. The van der Waals surface area contributed by atoms with Gasteiger partial charge in [-0.3, -0.25) is 4.90 Å². The Bertz CT molecular complexity index is 1230. The Hall–Kier alpha value is -3.82. The number of methoxy groups -OCH3 is 1. The number of fused-ring (bicyclic) bond motifs is 1. The molecule has 2 atom stereocenters. The van der Waals surface area contributed by atoms with Crippen LogP contribution < -0.4 is 9.47 Å². The Balaban J connectivity index is 1.66. The van der Waals surface area contributed by atoms with Crippen molar-refractivity contribution in [1.82, 2.24) is 15.0 Å². The van der Waals surface area contributed by atoms with Crippen LogP contribution in [0, 0.1) is 6.92 Å². The molecular weight excluding hydrogens is 442 g/mol. The first-order chi connectivity index (χ1) is 16.1. The van der Waals surface area contributed by atoms with Crippen LogP contribution in [0.15, 0.2) is 34.9 Å². The molecule has 3 aromatic rings. The number of benzene rings is 1. The Labute approximate surface area is 196 Å². The average Bonchev–Trinajstić information content (AvgIpc) is 3.37. The summed E-state index contributed by atoms with van der Waals surface area (Å²) in [5.41, 5.74) is 2.15. The van der Waals surface area contributed by atoms with E-state index in [1.165, 1.54) is 4.90 Å². The van der Waals surface area contributed by atoms with Gasteiger partial charge in [0.05, 0.1) is 19.3 Å². The van der Waals surface area contributed by atoms with Gasteiger partial charge in [-0.1, -0.05) is 17.3 Å². The zero-order valence-electron chi connectivity index (χ0n) is 19.7. The Morgan fingerprint density at radius 1 is 1.24 bits per heavy atom. The molecule has 1 aliphatic heterocycles. The summed E-state index contributed by atoms with van der Waals surface area (Å²) in [5, 5.41) is 13.7. The number of carboxylic acid groups (broad SMARTS) is 1. The van der Waals surface area contributed by atoms with Crippen molar-refractivity contribution >= 4 is 23.2 Å². The minimum atomic E-state index is -1.12. The maximum atomic E-state index is 12.6. The second-order valence-corrected chi connectivity index (χ2v) is 9.15. The number of carbonyl (C=O) groups excluding carboxylic acids is 1. The number of hydrogen-bond donors (Lipinski definition) is 1. The van der Waals surface area contributed by atoms with E-state index in [-0.39, 0.29) is 13.0 Å². The van der Waals surface area contributed by atoms with Gasteiger partial charge in [0, 0.05) is 18.1 Å². The first kappa shape index (κ1) is 23.3. The highest BCUT2D eigenvalue weighted by Crippen LogP contribution is 2.35. The van der Waals surface area contributed by atoms with Crippen molar-refractivity contribution in [3.8, 4) is 22.8 Å². The molecule has 1 N–H and O–H groups in total. The van der Waals surface area contributed by atoms with Crippen LogP contribution in [-0.2, 0) is 9.53 Å². The summed E-state index contributed by atoms with van der Waals surface area (Å²) >= 11 is 0. The van der Waals surface area contributed by atoms with Crippen LogP contribution in [0.1, 0.15) is 32.9 Å². The molecule has 0 aliphatic carbocycles. The van der Waals surface area contributed by atoms with Crippen molar-refractivity contribution in [2.24, 2.45) is 0 Å². The van der Waals surface area contributed by atoms with Crippen LogP contribution in [0.5, 0.6) is 11.5 Å². The van der Waals surface area contributed by atoms with Crippen molar-refractivity contribution in [1.29, 1.82) is 0 Å². The second-order valence-electron chi connectivity index (χ2n) is 9.15. The minimum absolute atomic E-state index is 0.0529. The summed E-state index contributed by atoms with van der Waals surface area (Å²) in [4.78, 5) is 30.3. The maximum absolute atomic E-state index is 12.6. The Morgan fingerprint density at radius 2 is 2.00 bits per heavy atom. The lowest BCUT2D eigenvalue weighted by atomic mass is 10.1. The van der Waals surface area contributed by atoms with Gasteiger partial charge in [0.15, 0.2) is 5.75 Å². The number of ether oxygens (including phenoxy) is 3. The van der Waals surface area contributed by atoms with E-state index >= 15 is 0 Å². The third-order valence-electron chi connectivity index (χ3n) is 5.39. The molecule has 10 heteroatoms. The van der Waals surface area contributed by atoms with Gasteiger partial charge < -0.3 is 23.8 Å². The van der Waals surface area contributed by atoms with Crippen LogP contribution in [-0.4, -0.2) is 63.6 Å². The minimum Gasteiger partial charge on any atom is -0.497 e. The predicted molar refractivity (Wildman–Crippen MR) is 122 cm³/mol. The van der Waals surface area contributed by atoms with E-state index in [2.05, 4.69) is 10.1 Å². The standard InChI is InChI=1S/C24H27N3O7/c1-13-20-21(34-26-13)19(11-17(25-20)14-7-6-8-15(9-14)31-5)32-16-10-18(22(28)29)27(12-16)23(30)33-24(2,3)4/h6-9,11,16,18H,10,12H2,1-5H3,(H,28,29)/t16-,18+/m1/s1. The molecule has 0 saturated carbocycles. The highest BCUT2D eigenvalue weighted by Gasteiger charge is 2.43. The van der Waals surface area contributed by atoms with E-state index in [4.69, 9.17) is 18.7 Å². The summed E-state index contributed by atoms with van der Waals surface area (Å²) < 4.78 is 22.4. The highest BCUT2D eigenvalue weighted by atomic mass is 16.6. The maximum Gasteiger partial charge on any atom is 0.411 e. The van der Waals surface area contributed by atoms with Gasteiger partial charge in [-0.05, 0) is 39.8 Å². The molecule has 0 unspecified atom stereocenters. The van der Waals surface area contributed by atoms with Gasteiger partial charge >= 0.3 is 12.1 Å². The fraction of sp³-hybridized carbons (Fsp3) is 0.417. The Kier molecular flexibility index (Phi) is 6.07. The van der Waals surface area contributed by atoms with Crippen LogP contribution in [0.2, 0.25) is 0 Å². The Morgan fingerprint density at radius 3 is 2.68 bits per heavy atom. The zero-order valence-corrected chi connectivity index (χ0v) is 19.7. The number of aromatic nitrogens is 2. The first-order valence-corrected chi connectivity index (χ1v) is 10.9. The molecule has 1 aliphatic rings. The average molecular weight is 469 g/mol. The topological polar surface area (TPSA) is 124 Å². The van der Waals surface area contributed by atoms with E-state index in [0.717, 1.165) is 5.56 Å². The number of carboxylic acids is 1. The van der Waals surface area contributed by atoms with Gasteiger partial charge in [-0.25, -0.2) is 14.6 Å². The van der Waals surface area contributed by atoms with Crippen molar-refractivity contribution in [3.63, 3.8) is 0 Å². The van der Waals surface area contributed by atoms with Gasteiger partial charge in [0.25, 0.3) is 0 Å². The number of amides is 1. The summed E-state index contributed by atoms with van der Waals surface area (Å²) in [5.74, 6) is -0.0787. The monoisotopic (exact) mass is 469 g/mol. The van der Waals surface area contributed by atoms with Gasteiger partial charge in [-0.2, -0.15) is 0 Å². The van der Waals surface area contributed by atoms with Crippen molar-refractivity contribution in [2.45, 2.75) is 51.9 Å². The van der Waals surface area contributed by atoms with Crippen LogP contribution in [0.4, 0.5) is 4.79 Å². The number of aryl methyl sites for hydroxylation is 1. The first-order valence-electron chi connectivity index (χ1n) is 10.9. The molecule has 2 aromatic heterocycles. The molecule has 34 heavy (non-hydrogen) atoms. The van der Waals surface area contributed by atoms with Crippen LogP contribution >= 0.6 is 0 Å². The zero-order chi connectivity index (χ0) is 24.6. The number of likely N-dealkylation sites (tertiary alicyclic amines) is 1. The molecule has 0 radical (unpaired) electrons. The third-order valence-corrected chi connectivity index (χ3v) is 5.39. The molecule has 1 fully saturated rings. The van der Waals surface area contributed by atoms with Crippen molar-refractivity contribution in [3.05, 3.63) is 36.0 Å². The molecular formula is C24H27N3O7. The van der Waals surface area contributed by atoms with Crippen LogP contribution in [0.25, 0.3) is 22.4 Å². The molecule has 1 aromatic carbocycles. The van der Waals surface area contributed by atoms with Gasteiger partial charge in [0.2, 0.25) is 5.58 Å². The molecule has 10 nitrogen and oxygen atoms in total. The largest absolute Gasteiger partial charge is 0.497 e. The quantitative estimate of drug-likeness (QED) is 0.589. The number of hydrogen-bond acceptors (Lipinski definition) is 8. The summed E-state index contributed by atoms with van der Waals surface area (Å²) in [6, 6.07) is 8.08. The molecule has 1 saturated heterocycles. The fourth-order valence-corrected chi connectivity index (χ4v) is 3.84. The number of rotatable bonds is 5. The number of pyridine rings is 1. The lowest BCUT2D eigenvalue weighted by molar-refractivity contribution is -0.142. The normalized spacial score (nSPS) is 18.2. The summed E-state index contributed by atoms with van der Waals surface area (Å²) in [6.45, 7) is 7.01. The highest BCUT2D eigenvalue weighted by molar-refractivity contribution is 5.85. The summed E-state index contributed by atoms with van der Waals surface area (Å²) in [6.07, 6.45) is -1.19. The molecule has 4 rings (SSSR count). The number of aliphatic carboxylic acids is 1. The smallest absolute Gasteiger partial charge is 0.411 e. The molecule has 3 heterocycles. The fourth-order valence-electron chi connectivity index (χ4n) is 3.84. The number of nitrogens with zero attached hydrogens (tertiary/aromatic N) is 3. The summed E-state index contributed by atoms with van der Waals surface area (Å²) in [7, 11) is 1.59. The van der Waals surface area contributed by atoms with Crippen molar-refractivity contribution in [2.75, 3.05) is 13.7 Å². The van der Waals surface area contributed by atoms with Crippen LogP contribution in [0.3, 0.4) is 0 Å². The lowest BCUT2D eigenvalue weighted by Gasteiger charge is -2.26. The predicted octanol–water partition coefficient (Wildman–Crippen LogP) is 4.05.